The molecule has 9 nitrogen and oxygen atoms in total. The molecule has 0 spiro atoms. The Morgan fingerprint density at radius 2 is 1.25 bits per heavy atom. The molecule has 0 saturated heterocycles. The van der Waals surface area contributed by atoms with Crippen LogP contribution >= 0.6 is 0 Å². The van der Waals surface area contributed by atoms with E-state index in [1.54, 1.807) is 0 Å². The van der Waals surface area contributed by atoms with Crippen molar-refractivity contribution in [3.05, 3.63) is 24.3 Å². The second-order valence-corrected chi connectivity index (χ2v) is 4.21. The third kappa shape index (κ3) is 11.4. The Labute approximate surface area is 121 Å². The summed E-state index contributed by atoms with van der Waals surface area (Å²) in [5, 5.41) is 8.62. The van der Waals surface area contributed by atoms with E-state index in [-0.39, 0.29) is 11.1 Å². The number of carboxylic acids is 1. The summed E-state index contributed by atoms with van der Waals surface area (Å²) in [5.41, 5.74) is -0.00440. The number of esters is 2. The van der Waals surface area contributed by atoms with Crippen molar-refractivity contribution in [2.45, 2.75) is 20.1 Å². The maximum absolute atomic E-state index is 11.0. The molecular weight excluding hydrogens is 312 g/mol. The van der Waals surface area contributed by atoms with Crippen LogP contribution in [0, 0.1) is 0 Å². The first-order chi connectivity index (χ1) is 8.98. The summed E-state index contributed by atoms with van der Waals surface area (Å²) in [4.78, 5) is 32.6. The quantitative estimate of drug-likeness (QED) is 0.261. The Morgan fingerprint density at radius 3 is 1.40 bits per heavy atom. The molecule has 0 unspecified atom stereocenters. The van der Waals surface area contributed by atoms with Gasteiger partial charge in [-0.1, -0.05) is 13.2 Å². The van der Waals surface area contributed by atoms with E-state index >= 15 is 0 Å². The molecule has 0 aromatic heterocycles. The van der Waals surface area contributed by atoms with Crippen molar-refractivity contribution in [2.75, 3.05) is 0 Å². The third-order valence-electron chi connectivity index (χ3n) is 1.33. The summed E-state index contributed by atoms with van der Waals surface area (Å²) in [6.45, 7) is 9.18. The second kappa shape index (κ2) is 10.2. The van der Waals surface area contributed by atoms with Crippen molar-refractivity contribution in [1.82, 2.24) is 0 Å². The predicted octanol–water partition coefficient (Wildman–Crippen LogP) is -0.600. The number of hydrogen-bond donors (Lipinski definition) is 3. The fourth-order valence-electron chi connectivity index (χ4n) is 0.520. The van der Waals surface area contributed by atoms with Crippen LogP contribution in [0.2, 0.25) is 0 Å². The molecule has 0 rings (SSSR count). The van der Waals surface area contributed by atoms with Crippen molar-refractivity contribution in [1.29, 1.82) is 0 Å². The number of rotatable bonds is 5. The zero-order valence-electron chi connectivity index (χ0n) is 10.8. The molecule has 0 aromatic carbocycles. The van der Waals surface area contributed by atoms with E-state index in [2.05, 4.69) is 22.6 Å². The number of carbonyl (C=O) groups excluding carboxylic acids is 2. The molecule has 0 saturated carbocycles. The molecule has 0 aliphatic rings. The first kappa shape index (κ1) is 20.6. The van der Waals surface area contributed by atoms with Gasteiger partial charge in [0.15, 0.2) is 0 Å². The molecule has 0 fully saturated rings. The van der Waals surface area contributed by atoms with E-state index in [1.165, 1.54) is 13.8 Å². The molecule has 0 radical (unpaired) electrons. The van der Waals surface area contributed by atoms with Gasteiger partial charge < -0.3 is 14.6 Å². The van der Waals surface area contributed by atoms with Gasteiger partial charge >= 0.3 is 53.5 Å². The number of carbonyl (C=O) groups is 3. The summed E-state index contributed by atoms with van der Waals surface area (Å²) < 4.78 is 32.0. The fraction of sp³-hybridized carbons (Fsp3) is 0.300. The van der Waals surface area contributed by atoms with Crippen LogP contribution < -0.4 is 0 Å². The fourth-order valence-corrected chi connectivity index (χ4v) is 0.520. The SMILES string of the molecule is C=C(C)C(=O)OC(OC(=O)C(=C)C)C(=O)O.[O]=[Ti]([OH])[OH]. The van der Waals surface area contributed by atoms with Gasteiger partial charge in [-0.3, -0.25) is 0 Å². The molecule has 0 heterocycles. The van der Waals surface area contributed by atoms with Gasteiger partial charge in [-0.2, -0.15) is 0 Å². The Morgan fingerprint density at radius 1 is 1.00 bits per heavy atom. The van der Waals surface area contributed by atoms with Crippen LogP contribution in [0.5, 0.6) is 0 Å². The zero-order chi connectivity index (χ0) is 16.5. The summed E-state index contributed by atoms with van der Waals surface area (Å²) in [7, 11) is 0. The molecule has 20 heavy (non-hydrogen) atoms. The van der Waals surface area contributed by atoms with Crippen LogP contribution in [0.1, 0.15) is 13.8 Å². The first-order valence-electron chi connectivity index (χ1n) is 4.86. The van der Waals surface area contributed by atoms with E-state index in [9.17, 15) is 14.4 Å². The van der Waals surface area contributed by atoms with Crippen LogP contribution in [0.25, 0.3) is 0 Å². The Bertz CT molecular complexity index is 408. The van der Waals surface area contributed by atoms with Crippen LogP contribution in [-0.4, -0.2) is 36.7 Å². The Kier molecular flexibility index (Phi) is 10.5. The van der Waals surface area contributed by atoms with Crippen molar-refractivity contribution in [3.8, 4) is 0 Å². The van der Waals surface area contributed by atoms with Gasteiger partial charge in [0.1, 0.15) is 0 Å². The molecular formula is C10H14O9Ti. The normalized spacial score (nSPS) is 8.85. The van der Waals surface area contributed by atoms with E-state index in [1.807, 2.05) is 0 Å². The molecule has 0 aliphatic heterocycles. The molecule has 112 valence electrons. The number of carboxylic acid groups (broad SMARTS) is 1. The summed E-state index contributed by atoms with van der Waals surface area (Å²) >= 11 is -3.58. The van der Waals surface area contributed by atoms with Crippen molar-refractivity contribution in [2.24, 2.45) is 0 Å². The number of ether oxygens (including phenoxy) is 2. The van der Waals surface area contributed by atoms with Gasteiger partial charge in [0, 0.05) is 11.1 Å². The monoisotopic (exact) mass is 326 g/mol. The summed E-state index contributed by atoms with van der Waals surface area (Å²) in [5.74, 6) is -3.51. The van der Waals surface area contributed by atoms with Crippen molar-refractivity contribution >= 4 is 17.9 Å². The molecule has 0 aromatic rings. The van der Waals surface area contributed by atoms with Crippen LogP contribution in [0.4, 0.5) is 0 Å². The van der Waals surface area contributed by atoms with Crippen molar-refractivity contribution < 1.29 is 58.3 Å². The molecule has 10 heteroatoms. The van der Waals surface area contributed by atoms with E-state index < -0.39 is 42.8 Å². The summed E-state index contributed by atoms with van der Waals surface area (Å²) in [6, 6.07) is 0. The summed E-state index contributed by atoms with van der Waals surface area (Å²) in [6.07, 6.45) is -1.99. The van der Waals surface area contributed by atoms with Crippen molar-refractivity contribution in [3.63, 3.8) is 0 Å². The standard InChI is InChI=1S/C10H12O6.2H2O.O.Ti/c1-5(2)8(13)15-10(7(11)12)16-9(14)6(3)4;;;;/h10H,1,3H2,2,4H3,(H,11,12);2*1H2;;/q;;;;+2/p-2. The predicted molar refractivity (Wildman–Crippen MR) is 58.4 cm³/mol. The third-order valence-corrected chi connectivity index (χ3v) is 1.33. The average Bonchev–Trinajstić information content (AvgIpc) is 2.26. The van der Waals surface area contributed by atoms with Gasteiger partial charge in [0.2, 0.25) is 0 Å². The van der Waals surface area contributed by atoms with Gasteiger partial charge in [-0.05, 0) is 13.8 Å². The van der Waals surface area contributed by atoms with Gasteiger partial charge in [-0.25, -0.2) is 14.4 Å². The molecule has 0 aliphatic carbocycles. The number of hydrogen-bond acceptors (Lipinski definition) is 6. The van der Waals surface area contributed by atoms with Crippen LogP contribution in [0.15, 0.2) is 24.3 Å². The van der Waals surface area contributed by atoms with E-state index in [4.69, 9.17) is 15.8 Å². The average molecular weight is 326 g/mol. The molecule has 0 bridgehead atoms. The van der Waals surface area contributed by atoms with Crippen LogP contribution in [-0.2, 0) is 45.8 Å². The number of aliphatic carboxylic acids is 1. The first-order valence-corrected chi connectivity index (χ1v) is 6.90. The minimum atomic E-state index is -3.58. The van der Waals surface area contributed by atoms with Gasteiger partial charge in [0.05, 0.1) is 0 Å². The molecule has 0 amide bonds. The van der Waals surface area contributed by atoms with Crippen LogP contribution in [0.3, 0.4) is 0 Å². The van der Waals surface area contributed by atoms with E-state index in [0.29, 0.717) is 0 Å². The van der Waals surface area contributed by atoms with Gasteiger partial charge in [-0.15, -0.1) is 0 Å². The second-order valence-electron chi connectivity index (χ2n) is 3.32. The Hall–Kier alpha value is -1.68. The zero-order valence-corrected chi connectivity index (χ0v) is 12.3. The Balaban J connectivity index is 0. The molecule has 0 atom stereocenters. The molecule has 3 N–H and O–H groups in total. The minimum absolute atomic E-state index is 0.00220. The maximum atomic E-state index is 11.0. The van der Waals surface area contributed by atoms with Gasteiger partial charge in [0.25, 0.3) is 0 Å². The van der Waals surface area contributed by atoms with E-state index in [0.717, 1.165) is 0 Å². The topological polar surface area (TPSA) is 147 Å².